The van der Waals surface area contributed by atoms with Crippen LogP contribution in [0.25, 0.3) is 11.0 Å². The summed E-state index contributed by atoms with van der Waals surface area (Å²) in [4.78, 5) is 23.3. The third kappa shape index (κ3) is 5.24. The van der Waals surface area contributed by atoms with Gasteiger partial charge in [0.15, 0.2) is 0 Å². The van der Waals surface area contributed by atoms with E-state index in [1.165, 1.54) is 0 Å². The number of hydrogen-bond acceptors (Lipinski definition) is 5. The maximum Gasteiger partial charge on any atom is 0.326 e. The van der Waals surface area contributed by atoms with E-state index in [0.29, 0.717) is 13.2 Å². The Morgan fingerprint density at radius 3 is 2.61 bits per heavy atom. The van der Waals surface area contributed by atoms with E-state index in [0.717, 1.165) is 67.6 Å². The maximum absolute atomic E-state index is 12.5. The number of hydrogen-bond donors (Lipinski definition) is 2. The van der Waals surface area contributed by atoms with Gasteiger partial charge in [0, 0.05) is 25.7 Å². The third-order valence-electron chi connectivity index (χ3n) is 5.93. The highest BCUT2D eigenvalue weighted by molar-refractivity contribution is 6.00. The van der Waals surface area contributed by atoms with E-state index in [-0.39, 0.29) is 11.7 Å². The van der Waals surface area contributed by atoms with Crippen LogP contribution in [0.2, 0.25) is 0 Å². The number of nitrogens with two attached hydrogens (primary N) is 1. The number of para-hydroxylation sites is 2. The van der Waals surface area contributed by atoms with Gasteiger partial charge in [0.2, 0.25) is 0 Å². The fourth-order valence-corrected chi connectivity index (χ4v) is 4.36. The van der Waals surface area contributed by atoms with Gasteiger partial charge in [-0.05, 0) is 49.9 Å². The van der Waals surface area contributed by atoms with E-state index in [4.69, 9.17) is 10.6 Å². The van der Waals surface area contributed by atoms with Crippen LogP contribution in [0.1, 0.15) is 37.3 Å². The molecular formula is C24H31N5O2. The average Bonchev–Trinajstić information content (AvgIpc) is 3.15. The first-order valence-electron chi connectivity index (χ1n) is 11.1. The van der Waals surface area contributed by atoms with E-state index in [2.05, 4.69) is 27.2 Å². The van der Waals surface area contributed by atoms with Crippen LogP contribution in [-0.2, 0) is 4.84 Å². The second-order valence-corrected chi connectivity index (χ2v) is 8.02. The summed E-state index contributed by atoms with van der Waals surface area (Å²) in [5.74, 6) is 0. The average molecular weight is 422 g/mol. The minimum Gasteiger partial charge on any atom is -0.394 e. The van der Waals surface area contributed by atoms with Crippen molar-refractivity contribution in [3.63, 3.8) is 0 Å². The molecule has 1 aliphatic rings. The zero-order valence-electron chi connectivity index (χ0n) is 17.9. The summed E-state index contributed by atoms with van der Waals surface area (Å²) in [7, 11) is 0. The summed E-state index contributed by atoms with van der Waals surface area (Å²) in [6.45, 7) is 3.89. The van der Waals surface area contributed by atoms with Gasteiger partial charge in [0.25, 0.3) is 0 Å². The van der Waals surface area contributed by atoms with Crippen molar-refractivity contribution >= 4 is 16.7 Å². The number of likely N-dealkylation sites (tertiary alicyclic amines) is 1. The van der Waals surface area contributed by atoms with Crippen LogP contribution in [0.4, 0.5) is 0 Å². The molecule has 0 amide bonds. The lowest BCUT2D eigenvalue weighted by Crippen LogP contribution is -2.37. The van der Waals surface area contributed by atoms with Crippen LogP contribution < -0.4 is 11.4 Å². The first-order valence-corrected chi connectivity index (χ1v) is 11.1. The molecule has 4 rings (SSSR count). The fraction of sp³-hybridized carbons (Fsp3) is 0.417. The lowest BCUT2D eigenvalue weighted by Gasteiger charge is -2.32. The highest BCUT2D eigenvalue weighted by Gasteiger charge is 2.23. The normalized spacial score (nSPS) is 16.1. The molecule has 7 heteroatoms. The molecule has 2 heterocycles. The van der Waals surface area contributed by atoms with E-state index < -0.39 is 0 Å². The standard InChI is InChI=1S/C24H31N5O2/c25-14-18-31-27-21(19-7-2-1-3-8-19)10-6-15-28-16-12-20(13-17-28)29-23-11-5-4-9-22(23)26-24(29)30/h1-5,7-9,11,20H,6,10,12-18,25H2,(H,26,30). The van der Waals surface area contributed by atoms with Gasteiger partial charge in [-0.1, -0.05) is 47.6 Å². The number of imidazole rings is 1. The largest absolute Gasteiger partial charge is 0.394 e. The fourth-order valence-electron chi connectivity index (χ4n) is 4.36. The molecule has 0 unspecified atom stereocenters. The molecule has 0 aliphatic carbocycles. The molecule has 0 bridgehead atoms. The molecule has 2 aromatic carbocycles. The van der Waals surface area contributed by atoms with Crippen molar-refractivity contribution in [2.24, 2.45) is 10.9 Å². The summed E-state index contributed by atoms with van der Waals surface area (Å²) in [6, 6.07) is 18.4. The minimum atomic E-state index is 0.000781. The Balaban J connectivity index is 1.31. The molecule has 3 aromatic rings. The van der Waals surface area contributed by atoms with Crippen LogP contribution in [0.3, 0.4) is 0 Å². The number of aromatic nitrogens is 2. The Bertz CT molecular complexity index is 1050. The third-order valence-corrected chi connectivity index (χ3v) is 5.93. The highest BCUT2D eigenvalue weighted by atomic mass is 16.6. The van der Waals surface area contributed by atoms with Crippen LogP contribution in [0.5, 0.6) is 0 Å². The number of nitrogens with zero attached hydrogens (tertiary/aromatic N) is 3. The van der Waals surface area contributed by atoms with Gasteiger partial charge in [0.05, 0.1) is 16.7 Å². The molecule has 0 spiro atoms. The van der Waals surface area contributed by atoms with Crippen molar-refractivity contribution in [3.8, 4) is 0 Å². The number of oxime groups is 1. The lowest BCUT2D eigenvalue weighted by molar-refractivity contribution is 0.151. The monoisotopic (exact) mass is 421 g/mol. The Morgan fingerprint density at radius 1 is 1.10 bits per heavy atom. The second kappa shape index (κ2) is 10.4. The first kappa shape index (κ1) is 21.3. The van der Waals surface area contributed by atoms with Gasteiger partial charge in [0.1, 0.15) is 6.61 Å². The molecule has 7 nitrogen and oxygen atoms in total. The van der Waals surface area contributed by atoms with Crippen molar-refractivity contribution in [1.29, 1.82) is 0 Å². The summed E-state index contributed by atoms with van der Waals surface area (Å²) in [5, 5.41) is 4.33. The number of H-pyrrole nitrogens is 1. The van der Waals surface area contributed by atoms with E-state index >= 15 is 0 Å². The number of rotatable bonds is 9. The van der Waals surface area contributed by atoms with Gasteiger partial charge in [-0.15, -0.1) is 0 Å². The Kier molecular flexibility index (Phi) is 7.17. The zero-order chi connectivity index (χ0) is 21.5. The molecular weight excluding hydrogens is 390 g/mol. The summed E-state index contributed by atoms with van der Waals surface area (Å²) in [5.41, 5.74) is 9.50. The van der Waals surface area contributed by atoms with Gasteiger partial charge >= 0.3 is 5.69 Å². The van der Waals surface area contributed by atoms with Crippen molar-refractivity contribution in [1.82, 2.24) is 14.5 Å². The second-order valence-electron chi connectivity index (χ2n) is 8.02. The van der Waals surface area contributed by atoms with E-state index in [1.54, 1.807) is 0 Å². The van der Waals surface area contributed by atoms with Crippen LogP contribution in [0.15, 0.2) is 64.5 Å². The first-order chi connectivity index (χ1) is 15.3. The van der Waals surface area contributed by atoms with Gasteiger partial charge in [-0.25, -0.2) is 4.79 Å². The highest BCUT2D eigenvalue weighted by Crippen LogP contribution is 2.25. The smallest absolute Gasteiger partial charge is 0.326 e. The van der Waals surface area contributed by atoms with Crippen LogP contribution in [0, 0.1) is 0 Å². The Labute approximate surface area is 182 Å². The predicted molar refractivity (Wildman–Crippen MR) is 124 cm³/mol. The molecule has 1 aliphatic heterocycles. The molecule has 31 heavy (non-hydrogen) atoms. The van der Waals surface area contributed by atoms with Crippen molar-refractivity contribution < 1.29 is 4.84 Å². The maximum atomic E-state index is 12.5. The summed E-state index contributed by atoms with van der Waals surface area (Å²) < 4.78 is 1.95. The Morgan fingerprint density at radius 2 is 1.84 bits per heavy atom. The predicted octanol–water partition coefficient (Wildman–Crippen LogP) is 3.13. The Hall–Kier alpha value is -2.90. The van der Waals surface area contributed by atoms with Gasteiger partial charge in [-0.2, -0.15) is 0 Å². The van der Waals surface area contributed by atoms with Crippen LogP contribution >= 0.6 is 0 Å². The SMILES string of the molecule is NCCON=C(CCCN1CCC(n2c(=O)[nH]c3ccccc32)CC1)c1ccccc1. The molecule has 1 fully saturated rings. The lowest BCUT2D eigenvalue weighted by atomic mass is 10.0. The van der Waals surface area contributed by atoms with Crippen molar-refractivity contribution in [3.05, 3.63) is 70.6 Å². The number of nitrogens with one attached hydrogen (secondary N) is 1. The number of benzene rings is 2. The number of fused-ring (bicyclic) bond motifs is 1. The number of piperidine rings is 1. The molecule has 0 radical (unpaired) electrons. The molecule has 164 valence electrons. The summed E-state index contributed by atoms with van der Waals surface area (Å²) >= 11 is 0. The molecule has 1 saturated heterocycles. The van der Waals surface area contributed by atoms with Gasteiger partial charge in [-0.3, -0.25) is 4.57 Å². The van der Waals surface area contributed by atoms with Crippen LogP contribution in [-0.4, -0.2) is 52.9 Å². The molecule has 0 atom stereocenters. The molecule has 3 N–H and O–H groups in total. The summed E-state index contributed by atoms with van der Waals surface area (Å²) in [6.07, 6.45) is 3.84. The quantitative estimate of drug-likeness (QED) is 0.316. The van der Waals surface area contributed by atoms with E-state index in [9.17, 15) is 4.79 Å². The molecule has 1 aromatic heterocycles. The minimum absolute atomic E-state index is 0.000781. The van der Waals surface area contributed by atoms with Gasteiger partial charge < -0.3 is 20.5 Å². The zero-order valence-corrected chi connectivity index (χ0v) is 17.9. The van der Waals surface area contributed by atoms with Crippen molar-refractivity contribution in [2.45, 2.75) is 31.7 Å². The number of aromatic amines is 1. The topological polar surface area (TPSA) is 88.6 Å². The van der Waals surface area contributed by atoms with Crippen molar-refractivity contribution in [2.75, 3.05) is 32.8 Å². The van der Waals surface area contributed by atoms with E-state index in [1.807, 2.05) is 47.0 Å². The molecule has 0 saturated carbocycles.